The van der Waals surface area contributed by atoms with Crippen molar-refractivity contribution in [3.63, 3.8) is 0 Å². The summed E-state index contributed by atoms with van der Waals surface area (Å²) in [7, 11) is 0. The quantitative estimate of drug-likeness (QED) is 0.670. The number of aliphatic hydroxyl groups excluding tert-OH is 1. The molecule has 0 aromatic heterocycles. The van der Waals surface area contributed by atoms with Crippen LogP contribution < -0.4 is 0 Å². The molecule has 0 heterocycles. The highest BCUT2D eigenvalue weighted by Crippen LogP contribution is 2.34. The maximum Gasteiger partial charge on any atom is 0.308 e. The van der Waals surface area contributed by atoms with E-state index in [9.17, 15) is 24.6 Å². The van der Waals surface area contributed by atoms with Crippen LogP contribution in [-0.2, 0) is 9.59 Å². The van der Waals surface area contributed by atoms with Crippen LogP contribution in [0.2, 0.25) is 0 Å². The topological polar surface area (TPSA) is 112 Å². The van der Waals surface area contributed by atoms with E-state index in [4.69, 9.17) is 5.11 Å². The maximum absolute atomic E-state index is 11.7. The lowest BCUT2D eigenvalue weighted by Crippen LogP contribution is -2.25. The largest absolute Gasteiger partial charge is 0.507 e. The van der Waals surface area contributed by atoms with Crippen LogP contribution in [0.5, 0.6) is 5.75 Å². The number of rotatable bonds is 2. The van der Waals surface area contributed by atoms with Gasteiger partial charge in [-0.2, -0.15) is 0 Å². The van der Waals surface area contributed by atoms with E-state index >= 15 is 0 Å². The van der Waals surface area contributed by atoms with Gasteiger partial charge in [0.15, 0.2) is 0 Å². The van der Waals surface area contributed by atoms with E-state index in [-0.39, 0.29) is 16.9 Å². The van der Waals surface area contributed by atoms with Gasteiger partial charge in [0, 0.05) is 5.56 Å². The Labute approximate surface area is 101 Å². The second kappa shape index (κ2) is 3.99. The number of hydrogen-bond acceptors (Lipinski definition) is 5. The Morgan fingerprint density at radius 3 is 2.39 bits per heavy atom. The number of phenolic OH excluding ortho intramolecular Hbond substituents is 1. The molecule has 0 saturated carbocycles. The molecule has 0 saturated heterocycles. The minimum Gasteiger partial charge on any atom is -0.507 e. The summed E-state index contributed by atoms with van der Waals surface area (Å²) < 4.78 is 0. The molecule has 0 fully saturated rings. The van der Waals surface area contributed by atoms with Gasteiger partial charge in [0.1, 0.15) is 11.5 Å². The van der Waals surface area contributed by atoms with Crippen molar-refractivity contribution in [3.05, 3.63) is 34.9 Å². The van der Waals surface area contributed by atoms with E-state index < -0.39 is 35.3 Å². The molecule has 1 aromatic rings. The third-order valence-electron chi connectivity index (χ3n) is 2.62. The SMILES string of the molecule is O=C(O)CC1=C(O)c2c(O)cccc2C(=O)C1=O. The van der Waals surface area contributed by atoms with E-state index in [1.807, 2.05) is 0 Å². The third-order valence-corrected chi connectivity index (χ3v) is 2.62. The fourth-order valence-electron chi connectivity index (χ4n) is 1.81. The lowest BCUT2D eigenvalue weighted by atomic mass is 9.86. The van der Waals surface area contributed by atoms with Gasteiger partial charge in [0.05, 0.1) is 17.6 Å². The van der Waals surface area contributed by atoms with Gasteiger partial charge >= 0.3 is 5.97 Å². The van der Waals surface area contributed by atoms with Crippen LogP contribution in [0.25, 0.3) is 5.76 Å². The van der Waals surface area contributed by atoms with Crippen LogP contribution in [0, 0.1) is 0 Å². The van der Waals surface area contributed by atoms with Gasteiger partial charge in [0.2, 0.25) is 11.6 Å². The molecule has 2 rings (SSSR count). The minimum absolute atomic E-state index is 0.133. The van der Waals surface area contributed by atoms with Crippen molar-refractivity contribution >= 4 is 23.3 Å². The average Bonchev–Trinajstić information content (AvgIpc) is 2.31. The highest BCUT2D eigenvalue weighted by atomic mass is 16.4. The van der Waals surface area contributed by atoms with Crippen molar-refractivity contribution in [2.24, 2.45) is 0 Å². The summed E-state index contributed by atoms with van der Waals surface area (Å²) in [6.45, 7) is 0. The highest BCUT2D eigenvalue weighted by molar-refractivity contribution is 6.52. The van der Waals surface area contributed by atoms with Crippen molar-refractivity contribution in [1.29, 1.82) is 0 Å². The summed E-state index contributed by atoms with van der Waals surface area (Å²) in [6, 6.07) is 3.87. The molecule has 6 heteroatoms. The van der Waals surface area contributed by atoms with Gasteiger partial charge in [-0.1, -0.05) is 6.07 Å². The fourth-order valence-corrected chi connectivity index (χ4v) is 1.81. The molecule has 0 bridgehead atoms. The summed E-state index contributed by atoms with van der Waals surface area (Å²) in [6.07, 6.45) is -0.774. The van der Waals surface area contributed by atoms with Gasteiger partial charge < -0.3 is 15.3 Å². The second-order valence-corrected chi connectivity index (χ2v) is 3.76. The summed E-state index contributed by atoms with van der Waals surface area (Å²) in [5.41, 5.74) is -0.841. The van der Waals surface area contributed by atoms with Crippen molar-refractivity contribution in [1.82, 2.24) is 0 Å². The van der Waals surface area contributed by atoms with Crippen molar-refractivity contribution in [3.8, 4) is 5.75 Å². The van der Waals surface area contributed by atoms with Crippen molar-refractivity contribution < 1.29 is 29.7 Å². The van der Waals surface area contributed by atoms with E-state index in [1.165, 1.54) is 18.2 Å². The van der Waals surface area contributed by atoms with Gasteiger partial charge in [-0.25, -0.2) is 0 Å². The standard InChI is InChI=1S/C12H8O6/c13-7-3-1-2-5-9(7)10(16)6(4-8(14)15)12(18)11(5)17/h1-3,13,16H,4H2,(H,14,15). The molecule has 1 aliphatic rings. The Morgan fingerprint density at radius 2 is 1.78 bits per heavy atom. The maximum atomic E-state index is 11.7. The Bertz CT molecular complexity index is 611. The van der Waals surface area contributed by atoms with E-state index in [1.54, 1.807) is 0 Å². The van der Waals surface area contributed by atoms with Gasteiger partial charge in [-0.05, 0) is 12.1 Å². The minimum atomic E-state index is -1.35. The second-order valence-electron chi connectivity index (χ2n) is 3.76. The zero-order valence-corrected chi connectivity index (χ0v) is 9.01. The number of carbonyl (C=O) groups is 3. The number of Topliss-reactive ketones (excluding diaryl/α,β-unsaturated/α-hetero) is 2. The first kappa shape index (κ1) is 11.8. The smallest absolute Gasteiger partial charge is 0.308 e. The number of aromatic hydroxyl groups is 1. The number of benzene rings is 1. The number of aliphatic hydroxyl groups is 1. The fraction of sp³-hybridized carbons (Fsp3) is 0.0833. The summed E-state index contributed by atoms with van der Waals surface area (Å²) >= 11 is 0. The van der Waals surface area contributed by atoms with Gasteiger partial charge in [0.25, 0.3) is 0 Å². The molecular formula is C12H8O6. The average molecular weight is 248 g/mol. The van der Waals surface area contributed by atoms with Gasteiger partial charge in [-0.15, -0.1) is 0 Å². The van der Waals surface area contributed by atoms with Crippen LogP contribution in [0.15, 0.2) is 23.8 Å². The zero-order chi connectivity index (χ0) is 13.4. The first-order valence-corrected chi connectivity index (χ1v) is 4.98. The van der Waals surface area contributed by atoms with Gasteiger partial charge in [-0.3, -0.25) is 14.4 Å². The molecule has 0 unspecified atom stereocenters. The van der Waals surface area contributed by atoms with Crippen molar-refractivity contribution in [2.45, 2.75) is 6.42 Å². The molecule has 1 aromatic carbocycles. The molecule has 0 radical (unpaired) electrons. The third kappa shape index (κ3) is 1.64. The summed E-state index contributed by atoms with van der Waals surface area (Å²) in [4.78, 5) is 33.9. The van der Waals surface area contributed by atoms with Crippen LogP contribution in [0.4, 0.5) is 0 Å². The van der Waals surface area contributed by atoms with Crippen LogP contribution >= 0.6 is 0 Å². The van der Waals surface area contributed by atoms with Crippen molar-refractivity contribution in [2.75, 3.05) is 0 Å². The molecular weight excluding hydrogens is 240 g/mol. The molecule has 92 valence electrons. The van der Waals surface area contributed by atoms with Crippen LogP contribution in [-0.4, -0.2) is 32.9 Å². The molecule has 1 aliphatic carbocycles. The van der Waals surface area contributed by atoms with E-state index in [0.29, 0.717) is 0 Å². The monoisotopic (exact) mass is 248 g/mol. The first-order valence-electron chi connectivity index (χ1n) is 4.98. The number of carbonyl (C=O) groups excluding carboxylic acids is 2. The van der Waals surface area contributed by atoms with E-state index in [0.717, 1.165) is 0 Å². The number of aliphatic carboxylic acids is 1. The Morgan fingerprint density at radius 1 is 1.11 bits per heavy atom. The zero-order valence-electron chi connectivity index (χ0n) is 9.01. The van der Waals surface area contributed by atoms with E-state index in [2.05, 4.69) is 0 Å². The number of ketones is 2. The van der Waals surface area contributed by atoms with Crippen LogP contribution in [0.1, 0.15) is 22.3 Å². The summed E-state index contributed by atoms with van der Waals surface area (Å²) in [5, 5.41) is 28.0. The number of phenols is 1. The van der Waals surface area contributed by atoms with Crippen LogP contribution in [0.3, 0.4) is 0 Å². The Kier molecular flexibility index (Phi) is 2.63. The molecule has 6 nitrogen and oxygen atoms in total. The molecule has 0 aliphatic heterocycles. The lowest BCUT2D eigenvalue weighted by Gasteiger charge is -2.17. The molecule has 0 atom stereocenters. The number of carboxylic acids is 1. The predicted octanol–water partition coefficient (Wildman–Crippen LogP) is 0.901. The number of carboxylic acid groups (broad SMARTS) is 1. The number of hydrogen-bond donors (Lipinski definition) is 3. The molecule has 3 N–H and O–H groups in total. The normalized spacial score (nSPS) is 14.7. The predicted molar refractivity (Wildman–Crippen MR) is 59.2 cm³/mol. The molecule has 18 heavy (non-hydrogen) atoms. The molecule has 0 spiro atoms. The summed E-state index contributed by atoms with van der Waals surface area (Å²) in [5.74, 6) is -4.39. The Hall–Kier alpha value is -2.63. The Balaban J connectivity index is 2.71. The number of fused-ring (bicyclic) bond motifs is 1. The highest BCUT2D eigenvalue weighted by Gasteiger charge is 2.35. The molecule has 0 amide bonds. The lowest BCUT2D eigenvalue weighted by molar-refractivity contribution is -0.136. The first-order chi connectivity index (χ1) is 8.43.